The molecule has 0 spiro atoms. The van der Waals surface area contributed by atoms with Crippen molar-refractivity contribution in [1.29, 1.82) is 0 Å². The van der Waals surface area contributed by atoms with E-state index in [9.17, 15) is 15.0 Å². The first-order valence-electron chi connectivity index (χ1n) is 4.24. The predicted octanol–water partition coefficient (Wildman–Crippen LogP) is 0.0452. The Balaban J connectivity index is 3.01. The largest absolute Gasteiger partial charge is 0.387 e. The second kappa shape index (κ2) is 3.18. The van der Waals surface area contributed by atoms with Gasteiger partial charge in [-0.15, -0.1) is 0 Å². The molecule has 1 heterocycles. The molecule has 0 saturated carbocycles. The summed E-state index contributed by atoms with van der Waals surface area (Å²) in [5, 5.41) is 19.5. The van der Waals surface area contributed by atoms with Crippen molar-refractivity contribution in [2.45, 2.75) is 32.0 Å². The highest BCUT2D eigenvalue weighted by Crippen LogP contribution is 2.22. The fourth-order valence-electron chi connectivity index (χ4n) is 0.892. The number of carbonyl (C=O) groups excluding carboxylic acids is 1. The number of nitrogens with zero attached hydrogens (tertiary/aromatic N) is 2. The van der Waals surface area contributed by atoms with Crippen LogP contribution in [-0.2, 0) is 0 Å². The van der Waals surface area contributed by atoms with Crippen LogP contribution in [0, 0.1) is 0 Å². The Morgan fingerprint density at radius 3 is 2.29 bits per heavy atom. The average Bonchev–Trinajstić information content (AvgIpc) is 2.52. The molecule has 1 unspecified atom stereocenters. The van der Waals surface area contributed by atoms with Gasteiger partial charge in [-0.2, -0.15) is 0 Å². The molecule has 0 amide bonds. The highest BCUT2D eigenvalue weighted by molar-refractivity contribution is 5.87. The number of aliphatic hydroxyl groups is 2. The van der Waals surface area contributed by atoms with Crippen LogP contribution >= 0.6 is 0 Å². The summed E-state index contributed by atoms with van der Waals surface area (Å²) in [6.07, 6.45) is 4.13. The molecule has 1 aromatic heterocycles. The van der Waals surface area contributed by atoms with Crippen molar-refractivity contribution >= 4 is 5.91 Å². The molecule has 0 aromatic carbocycles. The predicted molar refractivity (Wildman–Crippen MR) is 49.8 cm³/mol. The Morgan fingerprint density at radius 2 is 1.93 bits per heavy atom. The molecule has 1 aromatic rings. The van der Waals surface area contributed by atoms with E-state index in [1.54, 1.807) is 0 Å². The number of carbonyl (C=O) groups is 1. The zero-order valence-corrected chi connectivity index (χ0v) is 8.43. The number of hydrogen-bond donors (Lipinski definition) is 2. The maximum Gasteiger partial charge on any atom is 0.266 e. The van der Waals surface area contributed by atoms with Gasteiger partial charge in [-0.25, -0.2) is 4.98 Å². The first-order valence-corrected chi connectivity index (χ1v) is 4.24. The molecule has 0 bridgehead atoms. The summed E-state index contributed by atoms with van der Waals surface area (Å²) >= 11 is 0. The van der Waals surface area contributed by atoms with E-state index in [1.165, 1.54) is 39.5 Å². The van der Waals surface area contributed by atoms with Gasteiger partial charge in [0.15, 0.2) is 5.60 Å². The second-order valence-corrected chi connectivity index (χ2v) is 3.91. The lowest BCUT2D eigenvalue weighted by atomic mass is 9.87. The fourth-order valence-corrected chi connectivity index (χ4v) is 0.892. The lowest BCUT2D eigenvalue weighted by molar-refractivity contribution is -0.0966. The zero-order chi connectivity index (χ0) is 11.0. The first kappa shape index (κ1) is 10.9. The summed E-state index contributed by atoms with van der Waals surface area (Å²) in [5.74, 6) is -0.609. The van der Waals surface area contributed by atoms with Crippen LogP contribution in [0.4, 0.5) is 0 Å². The van der Waals surface area contributed by atoms with Crippen molar-refractivity contribution in [1.82, 2.24) is 9.55 Å². The third-order valence-electron chi connectivity index (χ3n) is 2.35. The molecule has 1 rings (SSSR count). The van der Waals surface area contributed by atoms with E-state index in [-0.39, 0.29) is 0 Å². The van der Waals surface area contributed by atoms with Gasteiger partial charge in [0.25, 0.3) is 5.91 Å². The molecule has 0 aliphatic heterocycles. The lowest BCUT2D eigenvalue weighted by Gasteiger charge is -2.33. The number of imidazole rings is 1. The highest BCUT2D eigenvalue weighted by atomic mass is 16.4. The van der Waals surface area contributed by atoms with E-state index in [0.29, 0.717) is 0 Å². The Bertz CT molecular complexity index is 322. The van der Waals surface area contributed by atoms with E-state index >= 15 is 0 Å². The van der Waals surface area contributed by atoms with E-state index < -0.39 is 17.1 Å². The number of rotatable bonds is 2. The molecule has 2 N–H and O–H groups in total. The molecular formula is C9H14N2O3. The summed E-state index contributed by atoms with van der Waals surface area (Å²) in [5.41, 5.74) is -3.35. The third-order valence-corrected chi connectivity index (χ3v) is 2.35. The van der Waals surface area contributed by atoms with Gasteiger partial charge in [0, 0.05) is 12.4 Å². The molecular weight excluding hydrogens is 184 g/mol. The molecule has 1 atom stereocenters. The van der Waals surface area contributed by atoms with Crippen LogP contribution in [-0.4, -0.2) is 36.9 Å². The Hall–Kier alpha value is -1.20. The van der Waals surface area contributed by atoms with E-state index in [2.05, 4.69) is 4.98 Å². The second-order valence-electron chi connectivity index (χ2n) is 3.91. The zero-order valence-electron chi connectivity index (χ0n) is 8.43. The molecule has 0 radical (unpaired) electrons. The molecule has 5 heteroatoms. The van der Waals surface area contributed by atoms with Gasteiger partial charge in [-0.3, -0.25) is 9.36 Å². The van der Waals surface area contributed by atoms with Crippen molar-refractivity contribution < 1.29 is 15.0 Å². The topological polar surface area (TPSA) is 75.3 Å². The van der Waals surface area contributed by atoms with Crippen molar-refractivity contribution in [3.05, 3.63) is 18.7 Å². The van der Waals surface area contributed by atoms with Crippen LogP contribution in [0.2, 0.25) is 0 Å². The minimum atomic E-state index is -1.84. The smallest absolute Gasteiger partial charge is 0.266 e. The quantitative estimate of drug-likeness (QED) is 0.703. The minimum Gasteiger partial charge on any atom is -0.387 e. The van der Waals surface area contributed by atoms with Crippen molar-refractivity contribution in [2.75, 3.05) is 0 Å². The van der Waals surface area contributed by atoms with Crippen LogP contribution in [0.25, 0.3) is 0 Å². The molecule has 0 saturated heterocycles. The standard InChI is InChI=1S/C9H14N2O3/c1-8(2,13)9(3,14)7(12)11-5-4-10-6-11/h4-6,13-14H,1-3H3. The molecule has 0 fully saturated rings. The van der Waals surface area contributed by atoms with Crippen LogP contribution in [0.3, 0.4) is 0 Å². The van der Waals surface area contributed by atoms with Crippen LogP contribution in [0.1, 0.15) is 25.6 Å². The van der Waals surface area contributed by atoms with E-state index in [4.69, 9.17) is 0 Å². The van der Waals surface area contributed by atoms with Crippen molar-refractivity contribution in [3.63, 3.8) is 0 Å². The Labute approximate surface area is 82.0 Å². The van der Waals surface area contributed by atoms with Gasteiger partial charge in [0.05, 0.1) is 5.60 Å². The van der Waals surface area contributed by atoms with E-state index in [1.807, 2.05) is 0 Å². The van der Waals surface area contributed by atoms with Gasteiger partial charge < -0.3 is 10.2 Å². The summed E-state index contributed by atoms with van der Waals surface area (Å²) in [7, 11) is 0. The normalized spacial score (nSPS) is 16.4. The van der Waals surface area contributed by atoms with Gasteiger partial charge in [-0.1, -0.05) is 0 Å². The number of hydrogen-bond acceptors (Lipinski definition) is 4. The van der Waals surface area contributed by atoms with Crippen LogP contribution in [0.5, 0.6) is 0 Å². The lowest BCUT2D eigenvalue weighted by Crippen LogP contribution is -2.55. The number of aromatic nitrogens is 2. The molecule has 0 aliphatic rings. The minimum absolute atomic E-state index is 0.609. The Morgan fingerprint density at radius 1 is 1.36 bits per heavy atom. The van der Waals surface area contributed by atoms with Gasteiger partial charge >= 0.3 is 0 Å². The maximum absolute atomic E-state index is 11.7. The highest BCUT2D eigenvalue weighted by Gasteiger charge is 2.45. The van der Waals surface area contributed by atoms with Crippen LogP contribution < -0.4 is 0 Å². The fraction of sp³-hybridized carbons (Fsp3) is 0.556. The Kier molecular flexibility index (Phi) is 2.47. The molecule has 5 nitrogen and oxygen atoms in total. The van der Waals surface area contributed by atoms with Gasteiger partial charge in [0.1, 0.15) is 6.33 Å². The van der Waals surface area contributed by atoms with Crippen LogP contribution in [0.15, 0.2) is 18.7 Å². The molecule has 14 heavy (non-hydrogen) atoms. The van der Waals surface area contributed by atoms with Crippen molar-refractivity contribution in [3.8, 4) is 0 Å². The third kappa shape index (κ3) is 1.69. The monoisotopic (exact) mass is 198 g/mol. The molecule has 0 aliphatic carbocycles. The van der Waals surface area contributed by atoms with Crippen molar-refractivity contribution in [2.24, 2.45) is 0 Å². The maximum atomic E-state index is 11.7. The summed E-state index contributed by atoms with van der Waals surface area (Å²) in [4.78, 5) is 15.4. The summed E-state index contributed by atoms with van der Waals surface area (Å²) in [6.45, 7) is 4.03. The average molecular weight is 198 g/mol. The van der Waals surface area contributed by atoms with E-state index in [0.717, 1.165) is 4.57 Å². The first-order chi connectivity index (χ1) is 6.27. The summed E-state index contributed by atoms with van der Waals surface area (Å²) < 4.78 is 1.14. The van der Waals surface area contributed by atoms with Gasteiger partial charge in [0.2, 0.25) is 0 Å². The SMILES string of the molecule is CC(C)(O)C(C)(O)C(=O)n1ccnc1. The molecule has 78 valence electrons. The van der Waals surface area contributed by atoms with Gasteiger partial charge in [-0.05, 0) is 20.8 Å². The summed E-state index contributed by atoms with van der Waals surface area (Å²) in [6, 6.07) is 0.